The molecule has 0 saturated heterocycles. The van der Waals surface area contributed by atoms with Crippen molar-refractivity contribution in [3.8, 4) is 0 Å². The Labute approximate surface area is 82.0 Å². The molecule has 6 nitrogen and oxygen atoms in total. The second-order valence-corrected chi connectivity index (χ2v) is 2.93. The van der Waals surface area contributed by atoms with Gasteiger partial charge >= 0.3 is 0 Å². The van der Waals surface area contributed by atoms with Crippen LogP contribution in [0.15, 0.2) is 17.5 Å². The van der Waals surface area contributed by atoms with E-state index in [-0.39, 0.29) is 11.9 Å². The maximum absolute atomic E-state index is 8.50. The summed E-state index contributed by atoms with van der Waals surface area (Å²) < 4.78 is 6.87. The van der Waals surface area contributed by atoms with Crippen molar-refractivity contribution in [3.05, 3.63) is 18.2 Å². The van der Waals surface area contributed by atoms with Gasteiger partial charge in [-0.05, 0) is 6.92 Å². The molecule has 3 N–H and O–H groups in total. The highest BCUT2D eigenvalue weighted by Gasteiger charge is 2.09. The van der Waals surface area contributed by atoms with Gasteiger partial charge in [-0.25, -0.2) is 4.98 Å². The second-order valence-electron chi connectivity index (χ2n) is 2.93. The summed E-state index contributed by atoms with van der Waals surface area (Å²) in [6.07, 6.45) is 3.40. The van der Waals surface area contributed by atoms with E-state index in [1.165, 1.54) is 0 Å². The SMILES string of the molecule is COC(C)Cn1ccnc1/C(N)=N/O. The van der Waals surface area contributed by atoms with Gasteiger partial charge < -0.3 is 20.2 Å². The molecule has 78 valence electrons. The zero-order valence-electron chi connectivity index (χ0n) is 8.21. The lowest BCUT2D eigenvalue weighted by Gasteiger charge is -2.11. The van der Waals surface area contributed by atoms with Crippen LogP contribution in [0.25, 0.3) is 0 Å². The highest BCUT2D eigenvalue weighted by atomic mass is 16.5. The molecule has 0 fully saturated rings. The minimum absolute atomic E-state index is 0.00157. The van der Waals surface area contributed by atoms with Crippen LogP contribution in [0.1, 0.15) is 12.7 Å². The van der Waals surface area contributed by atoms with Crippen molar-refractivity contribution in [3.63, 3.8) is 0 Å². The van der Waals surface area contributed by atoms with Crippen LogP contribution in [0, 0.1) is 0 Å². The third kappa shape index (κ3) is 2.23. The van der Waals surface area contributed by atoms with Gasteiger partial charge in [0.1, 0.15) is 0 Å². The van der Waals surface area contributed by atoms with Crippen molar-refractivity contribution >= 4 is 5.84 Å². The average molecular weight is 198 g/mol. The second kappa shape index (κ2) is 4.61. The van der Waals surface area contributed by atoms with Crippen LogP contribution in [0.5, 0.6) is 0 Å². The summed E-state index contributed by atoms with van der Waals surface area (Å²) >= 11 is 0. The van der Waals surface area contributed by atoms with Crippen LogP contribution in [0.4, 0.5) is 0 Å². The summed E-state index contributed by atoms with van der Waals surface area (Å²) in [6.45, 7) is 2.54. The minimum atomic E-state index is -0.00157. The van der Waals surface area contributed by atoms with Crippen molar-refractivity contribution in [2.24, 2.45) is 10.9 Å². The van der Waals surface area contributed by atoms with Crippen molar-refractivity contribution in [2.75, 3.05) is 7.11 Å². The average Bonchev–Trinajstić information content (AvgIpc) is 2.64. The Hall–Kier alpha value is -1.56. The van der Waals surface area contributed by atoms with Crippen LogP contribution in [-0.4, -0.2) is 33.8 Å². The fourth-order valence-electron chi connectivity index (χ4n) is 1.09. The van der Waals surface area contributed by atoms with Crippen molar-refractivity contribution in [1.82, 2.24) is 9.55 Å². The first kappa shape index (κ1) is 10.5. The molecule has 1 rings (SSSR count). The van der Waals surface area contributed by atoms with Crippen molar-refractivity contribution < 1.29 is 9.94 Å². The maximum atomic E-state index is 8.50. The Bertz CT molecular complexity index is 321. The van der Waals surface area contributed by atoms with Crippen molar-refractivity contribution in [2.45, 2.75) is 19.6 Å². The number of imidazole rings is 1. The predicted molar refractivity (Wildman–Crippen MR) is 51.2 cm³/mol. The first-order valence-corrected chi connectivity index (χ1v) is 4.21. The molecule has 0 bridgehead atoms. The molecule has 1 aromatic rings. The molecular weight excluding hydrogens is 184 g/mol. The number of amidine groups is 1. The Morgan fingerprint density at radius 1 is 1.86 bits per heavy atom. The molecule has 0 amide bonds. The molecule has 1 atom stereocenters. The Morgan fingerprint density at radius 3 is 3.14 bits per heavy atom. The smallest absolute Gasteiger partial charge is 0.206 e. The summed E-state index contributed by atoms with van der Waals surface area (Å²) in [5.74, 6) is 0.440. The third-order valence-electron chi connectivity index (χ3n) is 1.91. The molecule has 0 radical (unpaired) electrons. The van der Waals surface area contributed by atoms with Gasteiger partial charge in [0.15, 0.2) is 5.82 Å². The lowest BCUT2D eigenvalue weighted by Crippen LogP contribution is -2.23. The van der Waals surface area contributed by atoms with Crippen LogP contribution >= 0.6 is 0 Å². The number of hydrogen-bond acceptors (Lipinski definition) is 4. The van der Waals surface area contributed by atoms with E-state index in [1.54, 1.807) is 24.1 Å². The summed E-state index contributed by atoms with van der Waals surface area (Å²) in [6, 6.07) is 0. The summed E-state index contributed by atoms with van der Waals surface area (Å²) in [5, 5.41) is 11.4. The fourth-order valence-corrected chi connectivity index (χ4v) is 1.09. The van der Waals surface area contributed by atoms with Gasteiger partial charge in [0.2, 0.25) is 5.84 Å². The third-order valence-corrected chi connectivity index (χ3v) is 1.91. The molecule has 0 aliphatic heterocycles. The number of ether oxygens (including phenoxy) is 1. The molecule has 0 spiro atoms. The zero-order chi connectivity index (χ0) is 10.6. The van der Waals surface area contributed by atoms with Gasteiger partial charge in [-0.15, -0.1) is 0 Å². The molecule has 1 aromatic heterocycles. The van der Waals surface area contributed by atoms with E-state index >= 15 is 0 Å². The van der Waals surface area contributed by atoms with E-state index in [0.717, 1.165) is 0 Å². The van der Waals surface area contributed by atoms with Crippen LogP contribution in [0.2, 0.25) is 0 Å². The number of nitrogens with zero attached hydrogens (tertiary/aromatic N) is 3. The number of hydrogen-bond donors (Lipinski definition) is 2. The van der Waals surface area contributed by atoms with E-state index in [4.69, 9.17) is 15.7 Å². The number of aromatic nitrogens is 2. The number of rotatable bonds is 4. The van der Waals surface area contributed by atoms with E-state index in [1.807, 2.05) is 6.92 Å². The van der Waals surface area contributed by atoms with Crippen LogP contribution < -0.4 is 5.73 Å². The van der Waals surface area contributed by atoms with Crippen LogP contribution in [0.3, 0.4) is 0 Å². The lowest BCUT2D eigenvalue weighted by molar-refractivity contribution is 0.103. The largest absolute Gasteiger partial charge is 0.409 e. The van der Waals surface area contributed by atoms with Gasteiger partial charge in [0.05, 0.1) is 12.6 Å². The number of nitrogens with two attached hydrogens (primary N) is 1. The van der Waals surface area contributed by atoms with Gasteiger partial charge in [-0.1, -0.05) is 5.16 Å². The summed E-state index contributed by atoms with van der Waals surface area (Å²) in [7, 11) is 1.63. The monoisotopic (exact) mass is 198 g/mol. The standard InChI is InChI=1S/C8H14N4O2/c1-6(14-2)5-12-4-3-10-8(12)7(9)11-13/h3-4,6,13H,5H2,1-2H3,(H2,9,11). The Morgan fingerprint density at radius 2 is 2.57 bits per heavy atom. The Balaban J connectivity index is 2.82. The quantitative estimate of drug-likeness (QED) is 0.309. The number of methoxy groups -OCH3 is 1. The molecule has 14 heavy (non-hydrogen) atoms. The fraction of sp³-hybridized carbons (Fsp3) is 0.500. The summed E-state index contributed by atoms with van der Waals surface area (Å²) in [4.78, 5) is 3.97. The molecule has 1 heterocycles. The lowest BCUT2D eigenvalue weighted by atomic mass is 10.4. The van der Waals surface area contributed by atoms with Gasteiger partial charge in [-0.2, -0.15) is 0 Å². The first-order chi connectivity index (χ1) is 6.69. The van der Waals surface area contributed by atoms with Crippen molar-refractivity contribution in [1.29, 1.82) is 0 Å². The molecular formula is C8H14N4O2. The molecule has 1 unspecified atom stereocenters. The number of oxime groups is 1. The molecule has 0 aliphatic rings. The molecule has 6 heteroatoms. The zero-order valence-corrected chi connectivity index (χ0v) is 8.21. The van der Waals surface area contributed by atoms with Crippen LogP contribution in [-0.2, 0) is 11.3 Å². The van der Waals surface area contributed by atoms with Gasteiger partial charge in [-0.3, -0.25) is 0 Å². The topological polar surface area (TPSA) is 85.7 Å². The highest BCUT2D eigenvalue weighted by molar-refractivity contribution is 5.93. The normalized spacial score (nSPS) is 14.3. The molecule has 0 aromatic carbocycles. The van der Waals surface area contributed by atoms with Gasteiger partial charge in [0, 0.05) is 19.5 Å². The maximum Gasteiger partial charge on any atom is 0.206 e. The summed E-state index contributed by atoms with van der Waals surface area (Å²) in [5.41, 5.74) is 5.43. The molecule has 0 saturated carbocycles. The van der Waals surface area contributed by atoms with E-state index in [9.17, 15) is 0 Å². The van der Waals surface area contributed by atoms with E-state index in [2.05, 4.69) is 10.1 Å². The first-order valence-electron chi connectivity index (χ1n) is 4.21. The van der Waals surface area contributed by atoms with Gasteiger partial charge in [0.25, 0.3) is 0 Å². The van der Waals surface area contributed by atoms with E-state index in [0.29, 0.717) is 12.4 Å². The highest BCUT2D eigenvalue weighted by Crippen LogP contribution is 2.01. The van der Waals surface area contributed by atoms with E-state index < -0.39 is 0 Å². The Kier molecular flexibility index (Phi) is 3.47. The molecule has 0 aliphatic carbocycles. The minimum Gasteiger partial charge on any atom is -0.409 e. The predicted octanol–water partition coefficient (Wildman–Crippen LogP) is 0.0125.